The number of hydrogen-bond donors (Lipinski definition) is 1. The molecule has 3 rings (SSSR count). The van der Waals surface area contributed by atoms with Gasteiger partial charge in [0.15, 0.2) is 11.6 Å². The Hall–Kier alpha value is -1.88. The lowest BCUT2D eigenvalue weighted by atomic mass is 10.2. The highest BCUT2D eigenvalue weighted by Gasteiger charge is 2.20. The fourth-order valence-electron chi connectivity index (χ4n) is 1.76. The Morgan fingerprint density at radius 1 is 1.33 bits per heavy atom. The molecular weight excluding hydrogens is 192 g/mol. The van der Waals surface area contributed by atoms with Crippen molar-refractivity contribution in [1.82, 2.24) is 14.8 Å². The lowest BCUT2D eigenvalue weighted by Gasteiger charge is -2.19. The van der Waals surface area contributed by atoms with Crippen molar-refractivity contribution in [3.05, 3.63) is 35.9 Å². The van der Waals surface area contributed by atoms with E-state index in [4.69, 9.17) is 10.5 Å². The molecule has 0 atom stereocenters. The highest BCUT2D eigenvalue weighted by atomic mass is 16.5. The summed E-state index contributed by atoms with van der Waals surface area (Å²) >= 11 is 0. The number of aromatic nitrogens is 3. The van der Waals surface area contributed by atoms with Gasteiger partial charge in [-0.2, -0.15) is 0 Å². The van der Waals surface area contributed by atoms with Gasteiger partial charge >= 0.3 is 0 Å². The number of hydrogen-bond acceptors (Lipinski definition) is 4. The van der Waals surface area contributed by atoms with Crippen LogP contribution in [0.2, 0.25) is 0 Å². The van der Waals surface area contributed by atoms with Gasteiger partial charge in [0.05, 0.1) is 12.2 Å². The van der Waals surface area contributed by atoms with Gasteiger partial charge in [-0.3, -0.25) is 4.57 Å². The molecule has 0 radical (unpaired) electrons. The van der Waals surface area contributed by atoms with Crippen LogP contribution in [0.4, 0.5) is 0 Å². The van der Waals surface area contributed by atoms with E-state index < -0.39 is 0 Å². The molecule has 0 bridgehead atoms. The molecule has 1 aliphatic heterocycles. The molecule has 0 saturated carbocycles. The standard InChI is InChI=1S/C10H10N4O/c11-5-9-12-13-10-6-15-8-4-2-1-3-7(8)14(9)10/h1-4H,5-6,11H2. The van der Waals surface area contributed by atoms with E-state index in [1.165, 1.54) is 0 Å². The quantitative estimate of drug-likeness (QED) is 0.736. The van der Waals surface area contributed by atoms with Gasteiger partial charge in [0.2, 0.25) is 0 Å². The molecule has 76 valence electrons. The lowest BCUT2D eigenvalue weighted by Crippen LogP contribution is -2.16. The normalized spacial score (nSPS) is 12.9. The topological polar surface area (TPSA) is 66.0 Å². The van der Waals surface area contributed by atoms with Crippen LogP contribution in [0.25, 0.3) is 5.69 Å². The maximum Gasteiger partial charge on any atom is 0.175 e. The van der Waals surface area contributed by atoms with Crippen molar-refractivity contribution in [2.75, 3.05) is 0 Å². The first-order valence-electron chi connectivity index (χ1n) is 4.75. The highest BCUT2D eigenvalue weighted by molar-refractivity contribution is 5.49. The van der Waals surface area contributed by atoms with Gasteiger partial charge < -0.3 is 10.5 Å². The smallest absolute Gasteiger partial charge is 0.175 e. The van der Waals surface area contributed by atoms with E-state index in [0.29, 0.717) is 13.2 Å². The number of benzene rings is 1. The van der Waals surface area contributed by atoms with Crippen LogP contribution in [0, 0.1) is 0 Å². The maximum atomic E-state index is 5.61. The largest absolute Gasteiger partial charge is 0.483 e. The third kappa shape index (κ3) is 1.13. The zero-order valence-electron chi connectivity index (χ0n) is 8.05. The summed E-state index contributed by atoms with van der Waals surface area (Å²) in [5, 5.41) is 8.06. The summed E-state index contributed by atoms with van der Waals surface area (Å²) in [6, 6.07) is 7.80. The minimum Gasteiger partial charge on any atom is -0.483 e. The van der Waals surface area contributed by atoms with E-state index in [0.717, 1.165) is 23.1 Å². The molecule has 2 N–H and O–H groups in total. The molecule has 0 unspecified atom stereocenters. The number of para-hydroxylation sites is 2. The third-order valence-electron chi connectivity index (χ3n) is 2.44. The van der Waals surface area contributed by atoms with Crippen LogP contribution in [0.5, 0.6) is 5.75 Å². The van der Waals surface area contributed by atoms with Crippen LogP contribution >= 0.6 is 0 Å². The van der Waals surface area contributed by atoms with Crippen molar-refractivity contribution in [2.45, 2.75) is 13.2 Å². The summed E-state index contributed by atoms with van der Waals surface area (Å²) in [6.07, 6.45) is 0. The number of nitrogens with two attached hydrogens (primary N) is 1. The molecule has 1 aromatic carbocycles. The van der Waals surface area contributed by atoms with Crippen LogP contribution in [0.3, 0.4) is 0 Å². The van der Waals surface area contributed by atoms with Gasteiger partial charge in [0.25, 0.3) is 0 Å². The summed E-state index contributed by atoms with van der Waals surface area (Å²) in [5.41, 5.74) is 6.57. The molecule has 15 heavy (non-hydrogen) atoms. The van der Waals surface area contributed by atoms with Crippen molar-refractivity contribution >= 4 is 0 Å². The molecule has 0 amide bonds. The van der Waals surface area contributed by atoms with Gasteiger partial charge in [-0.25, -0.2) is 0 Å². The average Bonchev–Trinajstić information content (AvgIpc) is 2.72. The molecule has 1 aromatic heterocycles. The summed E-state index contributed by atoms with van der Waals surface area (Å²) in [7, 11) is 0. The van der Waals surface area contributed by atoms with Crippen LogP contribution in [-0.4, -0.2) is 14.8 Å². The van der Waals surface area contributed by atoms with E-state index in [-0.39, 0.29) is 0 Å². The SMILES string of the molecule is NCc1nnc2n1-c1ccccc1OC2. The maximum absolute atomic E-state index is 5.61. The van der Waals surface area contributed by atoms with Crippen molar-refractivity contribution in [3.8, 4) is 11.4 Å². The van der Waals surface area contributed by atoms with Crippen LogP contribution < -0.4 is 10.5 Å². The van der Waals surface area contributed by atoms with Gasteiger partial charge in [0, 0.05) is 0 Å². The fourth-order valence-corrected chi connectivity index (χ4v) is 1.76. The first-order valence-corrected chi connectivity index (χ1v) is 4.75. The highest BCUT2D eigenvalue weighted by Crippen LogP contribution is 2.29. The van der Waals surface area contributed by atoms with Gasteiger partial charge in [-0.1, -0.05) is 12.1 Å². The number of ether oxygens (including phenoxy) is 1. The lowest BCUT2D eigenvalue weighted by molar-refractivity contribution is 0.278. The second-order valence-corrected chi connectivity index (χ2v) is 3.33. The Kier molecular flexibility index (Phi) is 1.72. The van der Waals surface area contributed by atoms with Crippen LogP contribution in [0.1, 0.15) is 11.6 Å². The first kappa shape index (κ1) is 8.43. The predicted octanol–water partition coefficient (Wildman–Crippen LogP) is 0.618. The molecule has 5 nitrogen and oxygen atoms in total. The first-order chi connectivity index (χ1) is 7.40. The van der Waals surface area contributed by atoms with Crippen molar-refractivity contribution in [2.24, 2.45) is 5.73 Å². The predicted molar refractivity (Wildman–Crippen MR) is 53.6 cm³/mol. The minimum atomic E-state index is 0.376. The fraction of sp³-hybridized carbons (Fsp3) is 0.200. The summed E-state index contributed by atoms with van der Waals surface area (Å²) < 4.78 is 7.50. The second kappa shape index (κ2) is 3.06. The van der Waals surface area contributed by atoms with E-state index in [1.807, 2.05) is 28.8 Å². The van der Waals surface area contributed by atoms with E-state index in [1.54, 1.807) is 0 Å². The van der Waals surface area contributed by atoms with E-state index in [2.05, 4.69) is 10.2 Å². The van der Waals surface area contributed by atoms with Crippen molar-refractivity contribution in [1.29, 1.82) is 0 Å². The Labute approximate surface area is 86.5 Å². The third-order valence-corrected chi connectivity index (χ3v) is 2.44. The summed E-state index contributed by atoms with van der Waals surface area (Å²) in [4.78, 5) is 0. The zero-order chi connectivity index (χ0) is 10.3. The summed E-state index contributed by atoms with van der Waals surface area (Å²) in [6.45, 7) is 0.825. The molecule has 2 heterocycles. The molecular formula is C10H10N4O. The Balaban J connectivity index is 2.27. The van der Waals surface area contributed by atoms with E-state index in [9.17, 15) is 0 Å². The van der Waals surface area contributed by atoms with Crippen LogP contribution in [0.15, 0.2) is 24.3 Å². The van der Waals surface area contributed by atoms with Gasteiger partial charge in [0.1, 0.15) is 12.4 Å². The monoisotopic (exact) mass is 202 g/mol. The second-order valence-electron chi connectivity index (χ2n) is 3.33. The Morgan fingerprint density at radius 3 is 3.07 bits per heavy atom. The number of fused-ring (bicyclic) bond motifs is 3. The Morgan fingerprint density at radius 2 is 2.20 bits per heavy atom. The number of nitrogens with zero attached hydrogens (tertiary/aromatic N) is 3. The molecule has 0 saturated heterocycles. The molecule has 5 heteroatoms. The molecule has 0 spiro atoms. The van der Waals surface area contributed by atoms with Gasteiger partial charge in [-0.05, 0) is 12.1 Å². The molecule has 0 fully saturated rings. The molecule has 2 aromatic rings. The molecule has 1 aliphatic rings. The van der Waals surface area contributed by atoms with Crippen molar-refractivity contribution in [3.63, 3.8) is 0 Å². The van der Waals surface area contributed by atoms with Gasteiger partial charge in [-0.15, -0.1) is 10.2 Å². The minimum absolute atomic E-state index is 0.376. The van der Waals surface area contributed by atoms with E-state index >= 15 is 0 Å². The van der Waals surface area contributed by atoms with Crippen molar-refractivity contribution < 1.29 is 4.74 Å². The Bertz CT molecular complexity index is 492. The summed E-state index contributed by atoms with van der Waals surface area (Å²) in [5.74, 6) is 2.41. The average molecular weight is 202 g/mol. The van der Waals surface area contributed by atoms with Crippen LogP contribution in [-0.2, 0) is 13.2 Å². The number of rotatable bonds is 1. The molecule has 0 aliphatic carbocycles. The zero-order valence-corrected chi connectivity index (χ0v) is 8.05.